The van der Waals surface area contributed by atoms with Crippen LogP contribution in [0.3, 0.4) is 0 Å². The second-order valence-electron chi connectivity index (χ2n) is 4.34. The molecule has 2 aromatic rings. The molecule has 0 aliphatic rings. The van der Waals surface area contributed by atoms with Crippen LogP contribution in [-0.4, -0.2) is 23.1 Å². The quantitative estimate of drug-likeness (QED) is 0.390. The fourth-order valence-corrected chi connectivity index (χ4v) is 2.16. The highest BCUT2D eigenvalue weighted by molar-refractivity contribution is 9.10. The van der Waals surface area contributed by atoms with E-state index in [0.29, 0.717) is 17.9 Å². The molecule has 3 N–H and O–H groups in total. The maximum absolute atomic E-state index is 8.83. The minimum absolute atomic E-state index is 0.0516. The Morgan fingerprint density at radius 1 is 1.35 bits per heavy atom. The Balaban J connectivity index is 2.25. The van der Waals surface area contributed by atoms with E-state index in [9.17, 15) is 0 Å². The molecule has 0 amide bonds. The standard InChI is InChI=1S/C14H15BrN4O/c1-19(9-10-4-6-11(15)7-5-10)14-12(13(16)18-20)3-2-8-17-14/h2-8,20H,9H2,1H3,(H2,16,18). The normalized spacial score (nSPS) is 11.4. The molecule has 1 heterocycles. The van der Waals surface area contributed by atoms with E-state index in [2.05, 4.69) is 26.1 Å². The predicted molar refractivity (Wildman–Crippen MR) is 83.0 cm³/mol. The van der Waals surface area contributed by atoms with Crippen LogP contribution < -0.4 is 10.6 Å². The first-order chi connectivity index (χ1) is 9.61. The van der Waals surface area contributed by atoms with Crippen molar-refractivity contribution in [3.05, 3.63) is 58.2 Å². The van der Waals surface area contributed by atoms with Gasteiger partial charge in [0.15, 0.2) is 5.84 Å². The van der Waals surface area contributed by atoms with Gasteiger partial charge < -0.3 is 15.8 Å². The first-order valence-electron chi connectivity index (χ1n) is 6.00. The van der Waals surface area contributed by atoms with Crippen molar-refractivity contribution in [1.29, 1.82) is 0 Å². The van der Waals surface area contributed by atoms with E-state index >= 15 is 0 Å². The lowest BCUT2D eigenvalue weighted by Crippen LogP contribution is -2.23. The molecular formula is C14H15BrN4O. The number of nitrogens with zero attached hydrogens (tertiary/aromatic N) is 3. The summed E-state index contributed by atoms with van der Waals surface area (Å²) in [6.07, 6.45) is 1.68. The highest BCUT2D eigenvalue weighted by Gasteiger charge is 2.12. The molecule has 0 atom stereocenters. The Morgan fingerprint density at radius 3 is 2.70 bits per heavy atom. The number of hydrogen-bond donors (Lipinski definition) is 2. The molecule has 20 heavy (non-hydrogen) atoms. The minimum atomic E-state index is 0.0516. The van der Waals surface area contributed by atoms with Crippen LogP contribution in [0.1, 0.15) is 11.1 Å². The highest BCUT2D eigenvalue weighted by Crippen LogP contribution is 2.19. The number of rotatable bonds is 4. The summed E-state index contributed by atoms with van der Waals surface area (Å²) in [5.74, 6) is 0.724. The second kappa shape index (κ2) is 6.38. The van der Waals surface area contributed by atoms with Gasteiger partial charge in [0.1, 0.15) is 5.82 Å². The van der Waals surface area contributed by atoms with Crippen molar-refractivity contribution in [2.24, 2.45) is 10.9 Å². The Morgan fingerprint density at radius 2 is 2.05 bits per heavy atom. The molecule has 6 heteroatoms. The van der Waals surface area contributed by atoms with Crippen molar-refractivity contribution in [3.63, 3.8) is 0 Å². The van der Waals surface area contributed by atoms with Gasteiger partial charge in [-0.05, 0) is 29.8 Å². The SMILES string of the molecule is CN(Cc1ccc(Br)cc1)c1ncccc1C(N)=NO. The number of anilines is 1. The number of aromatic nitrogens is 1. The maximum atomic E-state index is 8.83. The molecule has 5 nitrogen and oxygen atoms in total. The summed E-state index contributed by atoms with van der Waals surface area (Å²) in [6.45, 7) is 0.677. The fourth-order valence-electron chi connectivity index (χ4n) is 1.89. The van der Waals surface area contributed by atoms with E-state index in [1.54, 1.807) is 18.3 Å². The molecule has 104 valence electrons. The second-order valence-corrected chi connectivity index (χ2v) is 5.26. The van der Waals surface area contributed by atoms with Crippen molar-refractivity contribution < 1.29 is 5.21 Å². The lowest BCUT2D eigenvalue weighted by molar-refractivity contribution is 0.318. The summed E-state index contributed by atoms with van der Waals surface area (Å²) in [5.41, 5.74) is 7.42. The number of nitrogens with two attached hydrogens (primary N) is 1. The van der Waals surface area contributed by atoms with Gasteiger partial charge in [-0.15, -0.1) is 0 Å². The van der Waals surface area contributed by atoms with Gasteiger partial charge in [-0.2, -0.15) is 0 Å². The molecule has 1 aromatic heterocycles. The van der Waals surface area contributed by atoms with E-state index in [1.165, 1.54) is 0 Å². The van der Waals surface area contributed by atoms with Gasteiger partial charge in [-0.3, -0.25) is 0 Å². The van der Waals surface area contributed by atoms with Gasteiger partial charge >= 0.3 is 0 Å². The van der Waals surface area contributed by atoms with Gasteiger partial charge in [-0.1, -0.05) is 33.2 Å². The number of pyridine rings is 1. The van der Waals surface area contributed by atoms with Gasteiger partial charge in [-0.25, -0.2) is 4.98 Å². The Hall–Kier alpha value is -2.08. The molecule has 2 rings (SSSR count). The van der Waals surface area contributed by atoms with Crippen LogP contribution in [0.2, 0.25) is 0 Å². The Kier molecular flexibility index (Phi) is 4.57. The third kappa shape index (κ3) is 3.27. The third-order valence-electron chi connectivity index (χ3n) is 2.86. The average Bonchev–Trinajstić information content (AvgIpc) is 2.48. The van der Waals surface area contributed by atoms with Gasteiger partial charge in [0.2, 0.25) is 0 Å². The number of amidine groups is 1. The van der Waals surface area contributed by atoms with Crippen LogP contribution in [0.4, 0.5) is 5.82 Å². The Bertz CT molecular complexity index is 613. The molecule has 0 radical (unpaired) electrons. The molecular weight excluding hydrogens is 320 g/mol. The zero-order valence-electron chi connectivity index (χ0n) is 11.0. The van der Waals surface area contributed by atoms with Crippen LogP contribution in [0.5, 0.6) is 0 Å². The highest BCUT2D eigenvalue weighted by atomic mass is 79.9. The largest absolute Gasteiger partial charge is 0.409 e. The first kappa shape index (κ1) is 14.3. The van der Waals surface area contributed by atoms with E-state index in [0.717, 1.165) is 10.0 Å². The van der Waals surface area contributed by atoms with E-state index in [4.69, 9.17) is 10.9 Å². The van der Waals surface area contributed by atoms with E-state index in [1.807, 2.05) is 36.2 Å². The summed E-state index contributed by atoms with van der Waals surface area (Å²) in [4.78, 5) is 6.26. The molecule has 0 saturated heterocycles. The van der Waals surface area contributed by atoms with E-state index in [-0.39, 0.29) is 5.84 Å². The summed E-state index contributed by atoms with van der Waals surface area (Å²) in [7, 11) is 1.92. The molecule has 0 spiro atoms. The van der Waals surface area contributed by atoms with Crippen molar-refractivity contribution in [2.45, 2.75) is 6.54 Å². The zero-order valence-corrected chi connectivity index (χ0v) is 12.6. The lowest BCUT2D eigenvalue weighted by Gasteiger charge is -2.20. The smallest absolute Gasteiger partial charge is 0.173 e. The zero-order chi connectivity index (χ0) is 14.5. The minimum Gasteiger partial charge on any atom is -0.409 e. The average molecular weight is 335 g/mol. The molecule has 0 unspecified atom stereocenters. The van der Waals surface area contributed by atoms with Crippen molar-refractivity contribution in [3.8, 4) is 0 Å². The molecule has 0 fully saturated rings. The molecule has 0 aliphatic carbocycles. The monoisotopic (exact) mass is 334 g/mol. The lowest BCUT2D eigenvalue weighted by atomic mass is 10.2. The van der Waals surface area contributed by atoms with Crippen molar-refractivity contribution in [2.75, 3.05) is 11.9 Å². The number of benzene rings is 1. The summed E-state index contributed by atoms with van der Waals surface area (Å²) in [5, 5.41) is 11.9. The maximum Gasteiger partial charge on any atom is 0.173 e. The van der Waals surface area contributed by atoms with Crippen LogP contribution in [-0.2, 0) is 6.54 Å². The van der Waals surface area contributed by atoms with Gasteiger partial charge in [0, 0.05) is 24.3 Å². The van der Waals surface area contributed by atoms with Crippen molar-refractivity contribution in [1.82, 2.24) is 4.98 Å². The van der Waals surface area contributed by atoms with Crippen LogP contribution >= 0.6 is 15.9 Å². The van der Waals surface area contributed by atoms with E-state index < -0.39 is 0 Å². The summed E-state index contributed by atoms with van der Waals surface area (Å²) >= 11 is 3.41. The topological polar surface area (TPSA) is 74.7 Å². The Labute approximate surface area is 125 Å². The van der Waals surface area contributed by atoms with Gasteiger partial charge in [0.05, 0.1) is 5.56 Å². The summed E-state index contributed by atoms with van der Waals surface area (Å²) < 4.78 is 1.04. The third-order valence-corrected chi connectivity index (χ3v) is 3.39. The summed E-state index contributed by atoms with van der Waals surface area (Å²) in [6, 6.07) is 11.6. The van der Waals surface area contributed by atoms with Crippen molar-refractivity contribution >= 4 is 27.6 Å². The molecule has 1 aromatic carbocycles. The number of halogens is 1. The van der Waals surface area contributed by atoms with Crippen LogP contribution in [0.25, 0.3) is 0 Å². The number of hydrogen-bond acceptors (Lipinski definition) is 4. The number of oxime groups is 1. The first-order valence-corrected chi connectivity index (χ1v) is 6.79. The van der Waals surface area contributed by atoms with Gasteiger partial charge in [0.25, 0.3) is 0 Å². The van der Waals surface area contributed by atoms with Crippen LogP contribution in [0.15, 0.2) is 52.2 Å². The van der Waals surface area contributed by atoms with Crippen LogP contribution in [0, 0.1) is 0 Å². The predicted octanol–water partition coefficient (Wildman–Crippen LogP) is 2.57. The molecule has 0 bridgehead atoms. The molecule has 0 aliphatic heterocycles. The fraction of sp³-hybridized carbons (Fsp3) is 0.143. The molecule has 0 saturated carbocycles.